The number of hydrogen-bond donors (Lipinski definition) is 1. The van der Waals surface area contributed by atoms with E-state index in [0.29, 0.717) is 42.7 Å². The van der Waals surface area contributed by atoms with Gasteiger partial charge in [-0.25, -0.2) is 9.50 Å². The number of aryl methyl sites for hydroxylation is 2. The number of fused-ring (bicyclic) bond motifs is 1. The van der Waals surface area contributed by atoms with Gasteiger partial charge < -0.3 is 10.2 Å². The minimum absolute atomic E-state index is 0.0876. The van der Waals surface area contributed by atoms with Crippen molar-refractivity contribution in [3.8, 4) is 6.07 Å². The molecule has 3 rings (SSSR count). The third kappa shape index (κ3) is 4.37. The fourth-order valence-electron chi connectivity index (χ4n) is 3.77. The molecule has 1 aliphatic heterocycles. The Bertz CT molecular complexity index is 1020. The lowest BCUT2D eigenvalue weighted by Gasteiger charge is -2.24. The van der Waals surface area contributed by atoms with Crippen molar-refractivity contribution >= 4 is 17.5 Å². The van der Waals surface area contributed by atoms with E-state index in [2.05, 4.69) is 10.1 Å². The predicted octanol–water partition coefficient (Wildman–Crippen LogP) is 1.82. The number of alkyl halides is 3. The van der Waals surface area contributed by atoms with E-state index in [0.717, 1.165) is 11.3 Å². The number of amides is 2. The molecule has 1 N–H and O–H groups in total. The fraction of sp³-hybridized carbons (Fsp3) is 0.526. The van der Waals surface area contributed by atoms with Crippen LogP contribution in [-0.4, -0.2) is 56.6 Å². The van der Waals surface area contributed by atoms with Crippen LogP contribution in [0.15, 0.2) is 6.20 Å². The molecule has 1 fully saturated rings. The highest BCUT2D eigenvalue weighted by Gasteiger charge is 2.36. The number of nitrogens with zero attached hydrogens (tertiary/aromatic N) is 5. The second-order valence-corrected chi connectivity index (χ2v) is 7.24. The average molecular weight is 422 g/mol. The van der Waals surface area contributed by atoms with Crippen molar-refractivity contribution in [1.82, 2.24) is 24.8 Å². The molecule has 8 nitrogen and oxygen atoms in total. The molecule has 30 heavy (non-hydrogen) atoms. The SMILES string of the molecule is Cc1nc2c(C#N)cnn2c(C)c1CCC(=O)N1CCCC1C(=O)NCC(F)(F)F. The molecule has 11 heteroatoms. The topological polar surface area (TPSA) is 103 Å². The standard InChI is InChI=1S/C19H21F3N6O2/c1-11-14(12(2)28-17(26-11)13(8-23)9-25-28)5-6-16(29)27-7-3-4-15(27)18(30)24-10-19(20,21)22/h9,15H,3-7,10H2,1-2H3,(H,24,30). The molecule has 1 aliphatic rings. The van der Waals surface area contributed by atoms with Gasteiger partial charge in [0, 0.05) is 24.4 Å². The molecule has 2 aromatic rings. The minimum Gasteiger partial charge on any atom is -0.345 e. The number of halogens is 3. The molecule has 0 aromatic carbocycles. The van der Waals surface area contributed by atoms with Gasteiger partial charge in [-0.2, -0.15) is 23.5 Å². The summed E-state index contributed by atoms with van der Waals surface area (Å²) in [4.78, 5) is 30.6. The second kappa shape index (κ2) is 8.30. The maximum atomic E-state index is 12.7. The van der Waals surface area contributed by atoms with E-state index in [1.807, 2.05) is 18.3 Å². The first-order valence-electron chi connectivity index (χ1n) is 9.50. The molecule has 1 unspecified atom stereocenters. The van der Waals surface area contributed by atoms with E-state index in [1.54, 1.807) is 11.4 Å². The van der Waals surface area contributed by atoms with Crippen molar-refractivity contribution < 1.29 is 22.8 Å². The molecule has 0 spiro atoms. The van der Waals surface area contributed by atoms with Crippen molar-refractivity contribution in [3.63, 3.8) is 0 Å². The Balaban J connectivity index is 1.69. The van der Waals surface area contributed by atoms with Crippen LogP contribution in [0.1, 0.15) is 41.8 Å². The summed E-state index contributed by atoms with van der Waals surface area (Å²) in [6.45, 7) is 2.52. The highest BCUT2D eigenvalue weighted by Crippen LogP contribution is 2.22. The summed E-state index contributed by atoms with van der Waals surface area (Å²) in [7, 11) is 0. The Morgan fingerprint density at radius 2 is 2.10 bits per heavy atom. The number of aromatic nitrogens is 3. The molecule has 160 valence electrons. The molecule has 3 heterocycles. The molecule has 1 atom stereocenters. The van der Waals surface area contributed by atoms with E-state index < -0.39 is 24.7 Å². The molecule has 0 aliphatic carbocycles. The van der Waals surface area contributed by atoms with E-state index in [-0.39, 0.29) is 12.3 Å². The number of nitrogens with one attached hydrogen (secondary N) is 1. The van der Waals surface area contributed by atoms with Crippen molar-refractivity contribution in [2.24, 2.45) is 0 Å². The molecule has 0 saturated carbocycles. The molecule has 2 amide bonds. The lowest BCUT2D eigenvalue weighted by atomic mass is 10.1. The van der Waals surface area contributed by atoms with Gasteiger partial charge in [0.2, 0.25) is 11.8 Å². The van der Waals surface area contributed by atoms with Gasteiger partial charge in [0.15, 0.2) is 5.65 Å². The first-order valence-corrected chi connectivity index (χ1v) is 9.50. The Kier molecular flexibility index (Phi) is 5.96. The van der Waals surface area contributed by atoms with E-state index in [9.17, 15) is 22.8 Å². The highest BCUT2D eigenvalue weighted by atomic mass is 19.4. The smallest absolute Gasteiger partial charge is 0.345 e. The van der Waals surface area contributed by atoms with Crippen LogP contribution in [-0.2, 0) is 16.0 Å². The second-order valence-electron chi connectivity index (χ2n) is 7.24. The van der Waals surface area contributed by atoms with Crippen LogP contribution in [0, 0.1) is 25.2 Å². The summed E-state index contributed by atoms with van der Waals surface area (Å²) in [5.41, 5.74) is 3.04. The monoisotopic (exact) mass is 422 g/mol. The molecular weight excluding hydrogens is 401 g/mol. The molecular formula is C19H21F3N6O2. The van der Waals surface area contributed by atoms with Crippen LogP contribution < -0.4 is 5.32 Å². The van der Waals surface area contributed by atoms with E-state index in [4.69, 9.17) is 5.26 Å². The number of rotatable bonds is 5. The molecule has 2 aromatic heterocycles. The van der Waals surface area contributed by atoms with Crippen molar-refractivity contribution in [3.05, 3.63) is 28.7 Å². The minimum atomic E-state index is -4.50. The summed E-state index contributed by atoms with van der Waals surface area (Å²) < 4.78 is 38.6. The maximum absolute atomic E-state index is 12.7. The molecule has 1 saturated heterocycles. The van der Waals surface area contributed by atoms with Crippen LogP contribution in [0.25, 0.3) is 5.65 Å². The summed E-state index contributed by atoms with van der Waals surface area (Å²) in [6, 6.07) is 1.15. The van der Waals surface area contributed by atoms with Crippen LogP contribution >= 0.6 is 0 Å². The van der Waals surface area contributed by atoms with Gasteiger partial charge in [0.1, 0.15) is 24.2 Å². The Morgan fingerprint density at radius 3 is 2.77 bits per heavy atom. The third-order valence-corrected chi connectivity index (χ3v) is 5.26. The predicted molar refractivity (Wildman–Crippen MR) is 99.3 cm³/mol. The van der Waals surface area contributed by atoms with Crippen LogP contribution in [0.2, 0.25) is 0 Å². The Hall–Kier alpha value is -3.16. The average Bonchev–Trinajstić information content (AvgIpc) is 3.32. The van der Waals surface area contributed by atoms with Crippen molar-refractivity contribution in [2.45, 2.75) is 51.7 Å². The number of hydrogen-bond acceptors (Lipinski definition) is 5. The zero-order chi connectivity index (χ0) is 22.1. The van der Waals surface area contributed by atoms with E-state index >= 15 is 0 Å². The fourth-order valence-corrected chi connectivity index (χ4v) is 3.77. The van der Waals surface area contributed by atoms with Gasteiger partial charge in [-0.3, -0.25) is 9.59 Å². The number of likely N-dealkylation sites (tertiary alicyclic amines) is 1. The quantitative estimate of drug-likeness (QED) is 0.792. The van der Waals surface area contributed by atoms with Crippen LogP contribution in [0.3, 0.4) is 0 Å². The first kappa shape index (κ1) is 21.5. The number of nitriles is 1. The van der Waals surface area contributed by atoms with Crippen LogP contribution in [0.5, 0.6) is 0 Å². The summed E-state index contributed by atoms with van der Waals surface area (Å²) in [5.74, 6) is -1.08. The van der Waals surface area contributed by atoms with Gasteiger partial charge >= 0.3 is 6.18 Å². The highest BCUT2D eigenvalue weighted by molar-refractivity contribution is 5.88. The lowest BCUT2D eigenvalue weighted by molar-refractivity contribution is -0.144. The third-order valence-electron chi connectivity index (χ3n) is 5.26. The summed E-state index contributed by atoms with van der Waals surface area (Å²) >= 11 is 0. The zero-order valence-corrected chi connectivity index (χ0v) is 16.6. The molecule has 0 radical (unpaired) electrons. The largest absolute Gasteiger partial charge is 0.405 e. The maximum Gasteiger partial charge on any atom is 0.405 e. The summed E-state index contributed by atoms with van der Waals surface area (Å²) in [6.07, 6.45) is -1.74. The van der Waals surface area contributed by atoms with Crippen molar-refractivity contribution in [2.75, 3.05) is 13.1 Å². The van der Waals surface area contributed by atoms with Crippen LogP contribution in [0.4, 0.5) is 13.2 Å². The Labute approximate surface area is 170 Å². The normalized spacial score (nSPS) is 16.7. The number of carbonyl (C=O) groups is 2. The number of carbonyl (C=O) groups excluding carboxylic acids is 2. The van der Waals surface area contributed by atoms with Gasteiger partial charge in [0.05, 0.1) is 6.20 Å². The zero-order valence-electron chi connectivity index (χ0n) is 16.6. The van der Waals surface area contributed by atoms with Gasteiger partial charge in [0.25, 0.3) is 0 Å². The van der Waals surface area contributed by atoms with Gasteiger partial charge in [-0.15, -0.1) is 0 Å². The molecule has 0 bridgehead atoms. The van der Waals surface area contributed by atoms with Crippen molar-refractivity contribution in [1.29, 1.82) is 5.26 Å². The van der Waals surface area contributed by atoms with E-state index in [1.165, 1.54) is 11.1 Å². The van der Waals surface area contributed by atoms with Gasteiger partial charge in [-0.05, 0) is 38.7 Å². The van der Waals surface area contributed by atoms with Gasteiger partial charge in [-0.1, -0.05) is 0 Å². The first-order chi connectivity index (χ1) is 14.1. The lowest BCUT2D eigenvalue weighted by Crippen LogP contribution is -2.48. The Morgan fingerprint density at radius 1 is 1.37 bits per heavy atom. The summed E-state index contributed by atoms with van der Waals surface area (Å²) in [5, 5.41) is 15.2.